The fourth-order valence-corrected chi connectivity index (χ4v) is 6.21. The zero-order valence-corrected chi connectivity index (χ0v) is 21.2. The normalized spacial score (nSPS) is 24.9. The Kier molecular flexibility index (Phi) is 7.63. The molecule has 2 saturated heterocycles. The molecule has 0 radical (unpaired) electrons. The van der Waals surface area contributed by atoms with Crippen molar-refractivity contribution in [3.8, 4) is 11.3 Å². The number of rotatable bonds is 8. The minimum absolute atomic E-state index is 0.0696. The lowest BCUT2D eigenvalue weighted by atomic mass is 10.00. The van der Waals surface area contributed by atoms with E-state index in [9.17, 15) is 4.79 Å². The van der Waals surface area contributed by atoms with Crippen molar-refractivity contribution in [1.29, 1.82) is 0 Å². The van der Waals surface area contributed by atoms with Crippen molar-refractivity contribution in [2.24, 2.45) is 17.8 Å². The Morgan fingerprint density at radius 1 is 1.00 bits per heavy atom. The van der Waals surface area contributed by atoms with E-state index in [-0.39, 0.29) is 5.91 Å². The van der Waals surface area contributed by atoms with Crippen LogP contribution in [-0.2, 0) is 4.74 Å². The average molecular weight is 478 g/mol. The molecule has 1 aromatic heterocycles. The SMILES string of the molecule is CCN(CC)C(=O)c1ccc(-c2ccc(NC3C[C@@H]4CN(CC5CCOCC5)C[C@@H]4C3)nn2)cc1. The minimum atomic E-state index is 0.0696. The maximum atomic E-state index is 12.5. The highest BCUT2D eigenvalue weighted by atomic mass is 16.5. The second-order valence-electron chi connectivity index (χ2n) is 10.5. The van der Waals surface area contributed by atoms with E-state index < -0.39 is 0 Å². The number of benzene rings is 1. The van der Waals surface area contributed by atoms with Gasteiger partial charge in [-0.25, -0.2) is 0 Å². The van der Waals surface area contributed by atoms with Gasteiger partial charge in [-0.15, -0.1) is 10.2 Å². The minimum Gasteiger partial charge on any atom is -0.381 e. The molecule has 1 amide bonds. The molecule has 7 nitrogen and oxygen atoms in total. The Labute approximate surface area is 209 Å². The molecular formula is C28H39N5O2. The number of amides is 1. The average Bonchev–Trinajstić information content (AvgIpc) is 3.44. The van der Waals surface area contributed by atoms with E-state index >= 15 is 0 Å². The van der Waals surface area contributed by atoms with E-state index in [1.54, 1.807) is 0 Å². The monoisotopic (exact) mass is 477 g/mol. The van der Waals surface area contributed by atoms with Gasteiger partial charge < -0.3 is 19.9 Å². The molecule has 2 aromatic rings. The number of aromatic nitrogens is 2. The molecule has 7 heteroatoms. The summed E-state index contributed by atoms with van der Waals surface area (Å²) >= 11 is 0. The van der Waals surface area contributed by atoms with Crippen molar-refractivity contribution in [1.82, 2.24) is 20.0 Å². The Hall–Kier alpha value is -2.51. The molecule has 1 N–H and O–H groups in total. The molecule has 2 aliphatic heterocycles. The van der Waals surface area contributed by atoms with Crippen LogP contribution in [0.3, 0.4) is 0 Å². The number of carbonyl (C=O) groups is 1. The topological polar surface area (TPSA) is 70.6 Å². The van der Waals surface area contributed by atoms with Crippen molar-refractivity contribution in [3.05, 3.63) is 42.0 Å². The first kappa shape index (κ1) is 24.2. The summed E-state index contributed by atoms with van der Waals surface area (Å²) in [7, 11) is 0. The lowest BCUT2D eigenvalue weighted by Gasteiger charge is -2.27. The third kappa shape index (κ3) is 5.67. The molecule has 3 aliphatic rings. The number of hydrogen-bond acceptors (Lipinski definition) is 6. The van der Waals surface area contributed by atoms with Gasteiger partial charge in [0.1, 0.15) is 5.82 Å². The maximum Gasteiger partial charge on any atom is 0.253 e. The van der Waals surface area contributed by atoms with Crippen molar-refractivity contribution in [2.45, 2.75) is 45.6 Å². The highest BCUT2D eigenvalue weighted by Crippen LogP contribution is 2.39. The second kappa shape index (κ2) is 11.0. The zero-order valence-electron chi connectivity index (χ0n) is 21.2. The van der Waals surface area contributed by atoms with E-state index in [1.165, 1.54) is 45.3 Å². The fraction of sp³-hybridized carbons (Fsp3) is 0.607. The Morgan fingerprint density at radius 3 is 2.29 bits per heavy atom. The first-order valence-corrected chi connectivity index (χ1v) is 13.4. The number of carbonyl (C=O) groups excluding carboxylic acids is 1. The number of nitrogens with one attached hydrogen (secondary N) is 1. The molecule has 1 saturated carbocycles. The lowest BCUT2D eigenvalue weighted by molar-refractivity contribution is 0.0545. The standard InChI is InChI=1S/C28H39N5O2/c1-3-33(4-2)28(34)22-7-5-21(6-8-22)26-9-10-27(31-30-26)29-25-15-23-18-32(19-24(23)16-25)17-20-11-13-35-14-12-20/h5-10,20,23-25H,3-4,11-19H2,1-2H3,(H,29,31)/t23-,24+,25?. The summed E-state index contributed by atoms with van der Waals surface area (Å²) < 4.78 is 5.52. The van der Waals surface area contributed by atoms with E-state index in [4.69, 9.17) is 4.74 Å². The van der Waals surface area contributed by atoms with Crippen LogP contribution >= 0.6 is 0 Å². The van der Waals surface area contributed by atoms with Gasteiger partial charge in [-0.2, -0.15) is 0 Å². The van der Waals surface area contributed by atoms with Crippen LogP contribution in [0.15, 0.2) is 36.4 Å². The van der Waals surface area contributed by atoms with Gasteiger partial charge in [0.25, 0.3) is 5.91 Å². The Bertz CT molecular complexity index is 956. The Balaban J connectivity index is 1.11. The molecule has 1 unspecified atom stereocenters. The quantitative estimate of drug-likeness (QED) is 0.615. The zero-order chi connectivity index (χ0) is 24.2. The predicted octanol–water partition coefficient (Wildman–Crippen LogP) is 4.17. The van der Waals surface area contributed by atoms with Crippen LogP contribution < -0.4 is 5.32 Å². The van der Waals surface area contributed by atoms with Crippen molar-refractivity contribution >= 4 is 11.7 Å². The number of fused-ring (bicyclic) bond motifs is 1. The summed E-state index contributed by atoms with van der Waals surface area (Å²) in [6, 6.07) is 12.2. The molecule has 3 heterocycles. The number of nitrogens with zero attached hydrogens (tertiary/aromatic N) is 4. The number of anilines is 1. The first-order valence-electron chi connectivity index (χ1n) is 13.4. The largest absolute Gasteiger partial charge is 0.381 e. The van der Waals surface area contributed by atoms with Gasteiger partial charge >= 0.3 is 0 Å². The molecule has 0 bridgehead atoms. The maximum absolute atomic E-state index is 12.5. The summed E-state index contributed by atoms with van der Waals surface area (Å²) in [6.45, 7) is 11.1. The summed E-state index contributed by atoms with van der Waals surface area (Å²) in [4.78, 5) is 17.1. The summed E-state index contributed by atoms with van der Waals surface area (Å²) in [6.07, 6.45) is 4.90. The van der Waals surface area contributed by atoms with Gasteiger partial charge in [-0.3, -0.25) is 4.79 Å². The smallest absolute Gasteiger partial charge is 0.253 e. The summed E-state index contributed by atoms with van der Waals surface area (Å²) in [5, 5.41) is 12.5. The van der Waals surface area contributed by atoms with Crippen LogP contribution in [0.5, 0.6) is 0 Å². The van der Waals surface area contributed by atoms with Gasteiger partial charge in [0.2, 0.25) is 0 Å². The molecule has 5 rings (SSSR count). The molecule has 3 fully saturated rings. The van der Waals surface area contributed by atoms with Crippen molar-refractivity contribution < 1.29 is 9.53 Å². The van der Waals surface area contributed by atoms with Crippen LogP contribution in [-0.4, -0.2) is 77.9 Å². The predicted molar refractivity (Wildman–Crippen MR) is 138 cm³/mol. The Morgan fingerprint density at radius 2 is 1.69 bits per heavy atom. The number of hydrogen-bond donors (Lipinski definition) is 1. The van der Waals surface area contributed by atoms with Crippen LogP contribution in [0.2, 0.25) is 0 Å². The van der Waals surface area contributed by atoms with Gasteiger partial charge in [0.05, 0.1) is 5.69 Å². The highest BCUT2D eigenvalue weighted by Gasteiger charge is 2.41. The van der Waals surface area contributed by atoms with Gasteiger partial charge in [-0.1, -0.05) is 12.1 Å². The van der Waals surface area contributed by atoms with Crippen LogP contribution in [0.1, 0.15) is 49.9 Å². The van der Waals surface area contributed by atoms with E-state index in [0.717, 1.165) is 48.0 Å². The molecular weight excluding hydrogens is 438 g/mol. The lowest BCUT2D eigenvalue weighted by Crippen LogP contribution is -2.32. The molecule has 1 aliphatic carbocycles. The van der Waals surface area contributed by atoms with E-state index in [1.807, 2.05) is 55.1 Å². The molecule has 35 heavy (non-hydrogen) atoms. The number of likely N-dealkylation sites (tertiary alicyclic amines) is 1. The van der Waals surface area contributed by atoms with Crippen LogP contribution in [0, 0.1) is 17.8 Å². The molecule has 188 valence electrons. The van der Waals surface area contributed by atoms with Crippen molar-refractivity contribution in [3.63, 3.8) is 0 Å². The van der Waals surface area contributed by atoms with E-state index in [2.05, 4.69) is 20.4 Å². The third-order valence-electron chi connectivity index (χ3n) is 8.18. The fourth-order valence-electron chi connectivity index (χ4n) is 6.21. The highest BCUT2D eigenvalue weighted by molar-refractivity contribution is 5.94. The molecule has 0 spiro atoms. The molecule has 3 atom stereocenters. The molecule has 1 aromatic carbocycles. The van der Waals surface area contributed by atoms with Gasteiger partial charge in [0.15, 0.2) is 0 Å². The number of ether oxygens (including phenoxy) is 1. The first-order chi connectivity index (χ1) is 17.1. The van der Waals surface area contributed by atoms with Gasteiger partial charge in [0, 0.05) is 63.1 Å². The summed E-state index contributed by atoms with van der Waals surface area (Å²) in [5.41, 5.74) is 2.51. The van der Waals surface area contributed by atoms with Crippen LogP contribution in [0.4, 0.5) is 5.82 Å². The van der Waals surface area contributed by atoms with E-state index in [0.29, 0.717) is 24.7 Å². The van der Waals surface area contributed by atoms with Crippen molar-refractivity contribution in [2.75, 3.05) is 51.3 Å². The van der Waals surface area contributed by atoms with Gasteiger partial charge in [-0.05, 0) is 81.5 Å². The summed E-state index contributed by atoms with van der Waals surface area (Å²) in [5.74, 6) is 3.35. The third-order valence-corrected chi connectivity index (χ3v) is 8.18. The van der Waals surface area contributed by atoms with Crippen LogP contribution in [0.25, 0.3) is 11.3 Å². The second-order valence-corrected chi connectivity index (χ2v) is 10.5.